The number of carbonyl (C=O) groups excluding carboxylic acids is 1. The lowest BCUT2D eigenvalue weighted by Crippen LogP contribution is -2.33. The molecule has 70 valence electrons. The Morgan fingerprint density at radius 2 is 1.92 bits per heavy atom. The van der Waals surface area contributed by atoms with E-state index in [1.165, 1.54) is 0 Å². The lowest BCUT2D eigenvalue weighted by atomic mass is 10.3. The highest BCUT2D eigenvalue weighted by molar-refractivity contribution is 5.80. The van der Waals surface area contributed by atoms with Crippen LogP contribution in [-0.2, 0) is 9.59 Å². The summed E-state index contributed by atoms with van der Waals surface area (Å²) in [5, 5.41) is 10.8. The van der Waals surface area contributed by atoms with E-state index in [2.05, 4.69) is 5.32 Å². The highest BCUT2D eigenvalue weighted by Crippen LogP contribution is 1.87. The Balaban J connectivity index is 3.40. The van der Waals surface area contributed by atoms with Crippen LogP contribution >= 0.6 is 0 Å². The molecule has 0 aromatic heterocycles. The van der Waals surface area contributed by atoms with Gasteiger partial charge in [-0.1, -0.05) is 0 Å². The van der Waals surface area contributed by atoms with Crippen LogP contribution in [0.5, 0.6) is 0 Å². The topological polar surface area (TPSA) is 69.6 Å². The lowest BCUT2D eigenvalue weighted by molar-refractivity contribution is -0.138. The standard InChI is InChI=1S/C7H14N2O3/c1-9(2)5-8-6(10)3-4-7(11)12/h3-5H2,1-2H3,(H,8,10)(H,11,12). The highest BCUT2D eigenvalue weighted by atomic mass is 16.4. The summed E-state index contributed by atoms with van der Waals surface area (Å²) in [6.07, 6.45) is -0.0670. The molecule has 0 radical (unpaired) electrons. The molecule has 0 saturated carbocycles. The molecule has 12 heavy (non-hydrogen) atoms. The zero-order valence-electron chi connectivity index (χ0n) is 7.33. The Kier molecular flexibility index (Phi) is 5.03. The summed E-state index contributed by atoms with van der Waals surface area (Å²) in [7, 11) is 3.63. The van der Waals surface area contributed by atoms with Crippen LogP contribution in [0, 0.1) is 0 Å². The first-order valence-corrected chi connectivity index (χ1v) is 3.65. The molecule has 0 fully saturated rings. The molecule has 1 amide bonds. The summed E-state index contributed by atoms with van der Waals surface area (Å²) in [4.78, 5) is 22.7. The number of nitrogens with one attached hydrogen (secondary N) is 1. The maximum Gasteiger partial charge on any atom is 0.303 e. The van der Waals surface area contributed by atoms with Gasteiger partial charge in [0.2, 0.25) is 5.91 Å². The second kappa shape index (κ2) is 5.54. The normalized spacial score (nSPS) is 9.92. The Morgan fingerprint density at radius 3 is 2.33 bits per heavy atom. The van der Waals surface area contributed by atoms with Crippen LogP contribution in [-0.4, -0.2) is 42.6 Å². The monoisotopic (exact) mass is 174 g/mol. The van der Waals surface area contributed by atoms with E-state index in [4.69, 9.17) is 5.11 Å². The second-order valence-corrected chi connectivity index (χ2v) is 2.73. The molecule has 0 heterocycles. The molecule has 0 rings (SSSR count). The van der Waals surface area contributed by atoms with E-state index < -0.39 is 5.97 Å². The number of carbonyl (C=O) groups is 2. The zero-order chi connectivity index (χ0) is 9.56. The summed E-state index contributed by atoms with van der Waals surface area (Å²) in [6, 6.07) is 0. The smallest absolute Gasteiger partial charge is 0.303 e. The van der Waals surface area contributed by atoms with E-state index in [9.17, 15) is 9.59 Å². The molecular formula is C7H14N2O3. The number of carboxylic acid groups (broad SMARTS) is 1. The van der Waals surface area contributed by atoms with Gasteiger partial charge in [0, 0.05) is 6.42 Å². The number of hydrogen-bond acceptors (Lipinski definition) is 3. The molecule has 5 heteroatoms. The summed E-state index contributed by atoms with van der Waals surface area (Å²) < 4.78 is 0. The summed E-state index contributed by atoms with van der Waals surface area (Å²) >= 11 is 0. The van der Waals surface area contributed by atoms with E-state index in [1.54, 1.807) is 4.90 Å². The number of hydrogen-bond donors (Lipinski definition) is 2. The van der Waals surface area contributed by atoms with Crippen molar-refractivity contribution in [3.05, 3.63) is 0 Å². The third kappa shape index (κ3) is 7.01. The molecule has 0 aliphatic heterocycles. The summed E-state index contributed by atoms with van der Waals surface area (Å²) in [5.41, 5.74) is 0. The zero-order valence-corrected chi connectivity index (χ0v) is 7.33. The van der Waals surface area contributed by atoms with Crippen molar-refractivity contribution < 1.29 is 14.7 Å². The van der Waals surface area contributed by atoms with E-state index in [0.717, 1.165) is 0 Å². The van der Waals surface area contributed by atoms with E-state index in [0.29, 0.717) is 6.67 Å². The van der Waals surface area contributed by atoms with E-state index in [1.807, 2.05) is 14.1 Å². The fraction of sp³-hybridized carbons (Fsp3) is 0.714. The summed E-state index contributed by atoms with van der Waals surface area (Å²) in [5.74, 6) is -1.18. The van der Waals surface area contributed by atoms with Crippen molar-refractivity contribution in [2.24, 2.45) is 0 Å². The van der Waals surface area contributed by atoms with Gasteiger partial charge in [-0.2, -0.15) is 0 Å². The van der Waals surface area contributed by atoms with Crippen molar-refractivity contribution in [1.29, 1.82) is 0 Å². The van der Waals surface area contributed by atoms with Crippen molar-refractivity contribution in [2.45, 2.75) is 12.8 Å². The largest absolute Gasteiger partial charge is 0.481 e. The molecule has 0 bridgehead atoms. The molecule has 0 aromatic rings. The van der Waals surface area contributed by atoms with Gasteiger partial charge in [-0.05, 0) is 14.1 Å². The third-order valence-electron chi connectivity index (χ3n) is 1.16. The molecule has 0 unspecified atom stereocenters. The van der Waals surface area contributed by atoms with Gasteiger partial charge in [-0.25, -0.2) is 0 Å². The van der Waals surface area contributed by atoms with E-state index >= 15 is 0 Å². The van der Waals surface area contributed by atoms with Crippen molar-refractivity contribution >= 4 is 11.9 Å². The molecule has 0 atom stereocenters. The van der Waals surface area contributed by atoms with Gasteiger partial charge in [-0.15, -0.1) is 0 Å². The Bertz CT molecular complexity index is 168. The van der Waals surface area contributed by atoms with Gasteiger partial charge < -0.3 is 10.4 Å². The average Bonchev–Trinajstić information content (AvgIpc) is 1.96. The first kappa shape index (κ1) is 10.9. The van der Waals surface area contributed by atoms with Crippen molar-refractivity contribution in [1.82, 2.24) is 10.2 Å². The fourth-order valence-electron chi connectivity index (χ4n) is 0.555. The number of amides is 1. The predicted molar refractivity (Wildman–Crippen MR) is 43.6 cm³/mol. The Labute approximate surface area is 71.4 Å². The molecular weight excluding hydrogens is 160 g/mol. The Hall–Kier alpha value is -1.10. The van der Waals surface area contributed by atoms with Gasteiger partial charge in [0.1, 0.15) is 0 Å². The number of rotatable bonds is 5. The predicted octanol–water partition coefficient (Wildman–Crippen LogP) is -0.513. The number of aliphatic carboxylic acids is 1. The number of nitrogens with zero attached hydrogens (tertiary/aromatic N) is 1. The fourth-order valence-corrected chi connectivity index (χ4v) is 0.555. The minimum absolute atomic E-state index is 0.0448. The minimum atomic E-state index is -0.949. The van der Waals surface area contributed by atoms with Crippen LogP contribution in [0.2, 0.25) is 0 Å². The maximum absolute atomic E-state index is 10.9. The van der Waals surface area contributed by atoms with E-state index in [-0.39, 0.29) is 18.7 Å². The molecule has 0 spiro atoms. The van der Waals surface area contributed by atoms with Crippen LogP contribution in [0.1, 0.15) is 12.8 Å². The molecule has 0 saturated heterocycles. The van der Waals surface area contributed by atoms with Crippen LogP contribution < -0.4 is 5.32 Å². The quantitative estimate of drug-likeness (QED) is 0.550. The van der Waals surface area contributed by atoms with Crippen LogP contribution in [0.15, 0.2) is 0 Å². The maximum atomic E-state index is 10.9. The Morgan fingerprint density at radius 1 is 1.33 bits per heavy atom. The van der Waals surface area contributed by atoms with Gasteiger partial charge in [0.15, 0.2) is 0 Å². The lowest BCUT2D eigenvalue weighted by Gasteiger charge is -2.10. The molecule has 2 N–H and O–H groups in total. The van der Waals surface area contributed by atoms with Crippen molar-refractivity contribution in [3.8, 4) is 0 Å². The van der Waals surface area contributed by atoms with Crippen LogP contribution in [0.3, 0.4) is 0 Å². The van der Waals surface area contributed by atoms with Gasteiger partial charge in [-0.3, -0.25) is 14.5 Å². The van der Waals surface area contributed by atoms with Gasteiger partial charge in [0.25, 0.3) is 0 Å². The minimum Gasteiger partial charge on any atom is -0.481 e. The second-order valence-electron chi connectivity index (χ2n) is 2.73. The summed E-state index contributed by atoms with van der Waals surface area (Å²) in [6.45, 7) is 0.443. The van der Waals surface area contributed by atoms with Gasteiger partial charge in [0.05, 0.1) is 13.1 Å². The van der Waals surface area contributed by atoms with Crippen LogP contribution in [0.25, 0.3) is 0 Å². The SMILES string of the molecule is CN(C)CNC(=O)CCC(=O)O. The number of carboxylic acids is 1. The first-order chi connectivity index (χ1) is 5.52. The molecule has 0 aromatic carbocycles. The molecule has 0 aliphatic rings. The van der Waals surface area contributed by atoms with Crippen LogP contribution in [0.4, 0.5) is 0 Å². The van der Waals surface area contributed by atoms with Crippen molar-refractivity contribution in [2.75, 3.05) is 20.8 Å². The third-order valence-corrected chi connectivity index (χ3v) is 1.16. The van der Waals surface area contributed by atoms with Crippen molar-refractivity contribution in [3.63, 3.8) is 0 Å². The first-order valence-electron chi connectivity index (χ1n) is 3.65. The van der Waals surface area contributed by atoms with Gasteiger partial charge >= 0.3 is 5.97 Å². The molecule has 0 aliphatic carbocycles. The average molecular weight is 174 g/mol. The highest BCUT2D eigenvalue weighted by Gasteiger charge is 2.03. The molecule has 5 nitrogen and oxygen atoms in total.